The van der Waals surface area contributed by atoms with Crippen LogP contribution in [0.5, 0.6) is 0 Å². The fourth-order valence-corrected chi connectivity index (χ4v) is 11.2. The normalized spacial score (nSPS) is 12.3. The standard InChI is InChI=1S/C34H18N6S7/c35-17-19(33-37-11-13-41-33)15-21-1-5-27(43-21)29-9-7-25(45-29)23-3-4-24(32-31(23)39-47-40-32)26-8-10-30(46-26)28-6-2-22(44-28)16-20(18-36)34-38-12-14-42-34/h1-15,20H,16H2/b19-15+. The first-order valence-electron chi connectivity index (χ1n) is 14.1. The van der Waals surface area contributed by atoms with E-state index in [0.717, 1.165) is 51.7 Å². The Balaban J connectivity index is 1.03. The van der Waals surface area contributed by atoms with Gasteiger partial charge in [-0.05, 0) is 54.6 Å². The Hall–Kier alpha value is -4.18. The summed E-state index contributed by atoms with van der Waals surface area (Å²) in [4.78, 5) is 17.8. The number of rotatable bonds is 9. The molecule has 0 spiro atoms. The van der Waals surface area contributed by atoms with Crippen molar-refractivity contribution in [2.45, 2.75) is 12.3 Å². The molecule has 8 aromatic rings. The Kier molecular flexibility index (Phi) is 8.44. The molecular formula is C34H18N6S7. The quantitative estimate of drug-likeness (QED) is 0.137. The summed E-state index contributed by atoms with van der Waals surface area (Å²) < 4.78 is 9.46. The van der Waals surface area contributed by atoms with Crippen LogP contribution in [0.25, 0.3) is 63.1 Å². The average Bonchev–Trinajstić information content (AvgIpc) is 3.92. The largest absolute Gasteiger partial charge is 0.248 e. The zero-order valence-electron chi connectivity index (χ0n) is 24.0. The number of thiophene rings is 4. The Labute approximate surface area is 297 Å². The lowest BCUT2D eigenvalue weighted by Crippen LogP contribution is -1.97. The number of allylic oxidation sites excluding steroid dienone is 1. The number of hydrogen-bond donors (Lipinski definition) is 0. The summed E-state index contributed by atoms with van der Waals surface area (Å²) in [5.41, 5.74) is 4.56. The number of thiazole rings is 2. The molecule has 0 aliphatic rings. The third kappa shape index (κ3) is 6.04. The van der Waals surface area contributed by atoms with E-state index in [2.05, 4.69) is 82.8 Å². The minimum atomic E-state index is -0.222. The van der Waals surface area contributed by atoms with Gasteiger partial charge in [0.2, 0.25) is 0 Å². The minimum absolute atomic E-state index is 0.222. The summed E-state index contributed by atoms with van der Waals surface area (Å²) in [6.45, 7) is 0. The Bertz CT molecular complexity index is 2440. The van der Waals surface area contributed by atoms with E-state index in [0.29, 0.717) is 12.0 Å². The van der Waals surface area contributed by atoms with E-state index in [9.17, 15) is 10.5 Å². The highest BCUT2D eigenvalue weighted by Crippen LogP contribution is 2.44. The molecule has 47 heavy (non-hydrogen) atoms. The van der Waals surface area contributed by atoms with Gasteiger partial charge in [0.05, 0.1) is 23.4 Å². The van der Waals surface area contributed by atoms with Gasteiger partial charge in [-0.2, -0.15) is 19.3 Å². The van der Waals surface area contributed by atoms with Gasteiger partial charge in [0.25, 0.3) is 0 Å². The van der Waals surface area contributed by atoms with Crippen LogP contribution in [0.1, 0.15) is 25.7 Å². The highest BCUT2D eigenvalue weighted by atomic mass is 32.1. The molecule has 8 rings (SSSR count). The minimum Gasteiger partial charge on any atom is -0.248 e. The lowest BCUT2D eigenvalue weighted by atomic mass is 10.1. The summed E-state index contributed by atoms with van der Waals surface area (Å²) in [7, 11) is 0. The van der Waals surface area contributed by atoms with E-state index in [4.69, 9.17) is 8.75 Å². The molecule has 1 unspecified atom stereocenters. The summed E-state index contributed by atoms with van der Waals surface area (Å²) in [6, 6.07) is 26.1. The van der Waals surface area contributed by atoms with Crippen molar-refractivity contribution in [1.29, 1.82) is 10.5 Å². The van der Waals surface area contributed by atoms with Gasteiger partial charge in [-0.15, -0.1) is 68.0 Å². The van der Waals surface area contributed by atoms with E-state index >= 15 is 0 Å². The molecule has 226 valence electrons. The first kappa shape index (κ1) is 30.2. The molecule has 0 aliphatic carbocycles. The van der Waals surface area contributed by atoms with Crippen LogP contribution in [0.15, 0.2) is 83.8 Å². The molecule has 1 aromatic carbocycles. The van der Waals surface area contributed by atoms with Crippen molar-refractivity contribution in [2.75, 3.05) is 0 Å². The third-order valence-corrected chi connectivity index (χ3v) is 14.3. The first-order valence-corrected chi connectivity index (χ1v) is 19.9. The first-order chi connectivity index (χ1) is 23.2. The lowest BCUT2D eigenvalue weighted by molar-refractivity contribution is 0.850. The highest BCUT2D eigenvalue weighted by Gasteiger charge is 2.19. The maximum absolute atomic E-state index is 9.69. The van der Waals surface area contributed by atoms with Gasteiger partial charge < -0.3 is 0 Å². The molecule has 0 N–H and O–H groups in total. The van der Waals surface area contributed by atoms with Crippen molar-refractivity contribution in [2.24, 2.45) is 0 Å². The average molecular weight is 735 g/mol. The second-order valence-electron chi connectivity index (χ2n) is 10.2. The molecule has 0 radical (unpaired) electrons. The van der Waals surface area contributed by atoms with Gasteiger partial charge in [-0.25, -0.2) is 9.97 Å². The molecule has 0 fully saturated rings. The van der Waals surface area contributed by atoms with Gasteiger partial charge in [0.15, 0.2) is 0 Å². The summed E-state index contributed by atoms with van der Waals surface area (Å²) >= 11 is 11.1. The zero-order chi connectivity index (χ0) is 31.7. The molecule has 7 aromatic heterocycles. The topological polar surface area (TPSA) is 99.1 Å². The van der Waals surface area contributed by atoms with Crippen molar-refractivity contribution in [3.05, 3.63) is 104 Å². The highest BCUT2D eigenvalue weighted by molar-refractivity contribution is 7.25. The maximum Gasteiger partial charge on any atom is 0.133 e. The zero-order valence-corrected chi connectivity index (χ0v) is 29.7. The Morgan fingerprint density at radius 1 is 0.681 bits per heavy atom. The summed E-state index contributed by atoms with van der Waals surface area (Å²) in [5.74, 6) is -0.222. The van der Waals surface area contributed by atoms with Crippen molar-refractivity contribution < 1.29 is 0 Å². The van der Waals surface area contributed by atoms with Crippen molar-refractivity contribution in [1.82, 2.24) is 18.7 Å². The van der Waals surface area contributed by atoms with Gasteiger partial charge in [-0.3, -0.25) is 0 Å². The number of nitriles is 2. The Morgan fingerprint density at radius 3 is 1.94 bits per heavy atom. The van der Waals surface area contributed by atoms with E-state index in [1.165, 1.54) is 53.9 Å². The van der Waals surface area contributed by atoms with Crippen LogP contribution in [0.2, 0.25) is 0 Å². The number of fused-ring (bicyclic) bond motifs is 1. The third-order valence-electron chi connectivity index (χ3n) is 7.31. The predicted molar refractivity (Wildman–Crippen MR) is 200 cm³/mol. The molecule has 0 bridgehead atoms. The summed E-state index contributed by atoms with van der Waals surface area (Å²) in [5, 5.41) is 24.7. The molecule has 6 nitrogen and oxygen atoms in total. The van der Waals surface area contributed by atoms with Gasteiger partial charge in [0, 0.05) is 79.7 Å². The number of hydrogen-bond acceptors (Lipinski definition) is 13. The van der Waals surface area contributed by atoms with Crippen LogP contribution in [-0.4, -0.2) is 18.7 Å². The Morgan fingerprint density at radius 2 is 1.30 bits per heavy atom. The molecule has 0 saturated heterocycles. The number of nitrogens with zero attached hydrogens (tertiary/aromatic N) is 6. The molecule has 1 atom stereocenters. The second kappa shape index (κ2) is 13.1. The smallest absolute Gasteiger partial charge is 0.133 e. The number of aromatic nitrogens is 4. The lowest BCUT2D eigenvalue weighted by Gasteiger charge is -2.03. The maximum atomic E-state index is 9.69. The second-order valence-corrected chi connectivity index (χ2v) is 17.0. The van der Waals surface area contributed by atoms with Crippen LogP contribution in [0, 0.1) is 22.7 Å². The predicted octanol–water partition coefficient (Wildman–Crippen LogP) is 11.4. The van der Waals surface area contributed by atoms with Crippen molar-refractivity contribution >= 4 is 102 Å². The van der Waals surface area contributed by atoms with Crippen LogP contribution >= 0.6 is 79.7 Å². The van der Waals surface area contributed by atoms with E-state index in [1.54, 1.807) is 57.7 Å². The fourth-order valence-electron chi connectivity index (χ4n) is 5.11. The molecule has 0 amide bonds. The monoisotopic (exact) mass is 734 g/mol. The van der Waals surface area contributed by atoms with Gasteiger partial charge >= 0.3 is 0 Å². The SMILES string of the molecule is N#C/C(=C\c1ccc(-c2ccc(-c3ccc(-c4ccc(-c5ccc(CC(C#N)c6nccs6)s5)s4)c4nsnc34)s2)s1)c1nccs1. The number of benzene rings is 1. The van der Waals surface area contributed by atoms with Crippen LogP contribution in [-0.2, 0) is 6.42 Å². The van der Waals surface area contributed by atoms with Crippen LogP contribution < -0.4 is 0 Å². The van der Waals surface area contributed by atoms with Crippen LogP contribution in [0.4, 0.5) is 0 Å². The van der Waals surface area contributed by atoms with E-state index in [1.807, 2.05) is 16.8 Å². The van der Waals surface area contributed by atoms with Crippen molar-refractivity contribution in [3.63, 3.8) is 0 Å². The summed E-state index contributed by atoms with van der Waals surface area (Å²) in [6.07, 6.45) is 6.06. The van der Waals surface area contributed by atoms with E-state index in [-0.39, 0.29) is 5.92 Å². The van der Waals surface area contributed by atoms with Crippen LogP contribution in [0.3, 0.4) is 0 Å². The molecule has 0 saturated carbocycles. The molecule has 7 heterocycles. The molecular weight excluding hydrogens is 717 g/mol. The van der Waals surface area contributed by atoms with Crippen molar-refractivity contribution in [3.8, 4) is 52.5 Å². The molecule has 0 aliphatic heterocycles. The van der Waals surface area contributed by atoms with E-state index < -0.39 is 0 Å². The van der Waals surface area contributed by atoms with Gasteiger partial charge in [-0.1, -0.05) is 12.1 Å². The van der Waals surface area contributed by atoms with Gasteiger partial charge in [0.1, 0.15) is 33.0 Å². The molecule has 13 heteroatoms. The fraction of sp³-hybridized carbons (Fsp3) is 0.0588.